The Morgan fingerprint density at radius 2 is 2.10 bits per heavy atom. The topological polar surface area (TPSA) is 99.8 Å². The van der Waals surface area contributed by atoms with E-state index in [2.05, 4.69) is 9.88 Å². The lowest BCUT2D eigenvalue weighted by atomic mass is 10.2. The normalized spacial score (nSPS) is 16.1. The predicted molar refractivity (Wildman–Crippen MR) is 71.8 cm³/mol. The molecule has 1 fully saturated rings. The fourth-order valence-corrected chi connectivity index (χ4v) is 2.25. The van der Waals surface area contributed by atoms with Gasteiger partial charge < -0.3 is 10.0 Å². The third kappa shape index (κ3) is 3.41. The maximum atomic E-state index is 11.0. The van der Waals surface area contributed by atoms with E-state index in [0.717, 1.165) is 0 Å². The van der Waals surface area contributed by atoms with Crippen LogP contribution in [0.2, 0.25) is 0 Å². The third-order valence-electron chi connectivity index (χ3n) is 3.33. The van der Waals surface area contributed by atoms with Crippen LogP contribution in [-0.4, -0.2) is 58.6 Å². The Hall–Kier alpha value is -2.22. The summed E-state index contributed by atoms with van der Waals surface area (Å²) in [6.45, 7) is 3.20. The zero-order chi connectivity index (χ0) is 14.5. The van der Waals surface area contributed by atoms with Gasteiger partial charge in [0.15, 0.2) is 0 Å². The van der Waals surface area contributed by atoms with Gasteiger partial charge in [-0.15, -0.1) is 0 Å². The van der Waals surface area contributed by atoms with E-state index in [4.69, 9.17) is 5.11 Å². The first kappa shape index (κ1) is 14.2. The molecule has 0 atom stereocenters. The standard InChI is InChI=1S/C12H16N4O4/c17-12(18)2-4-14-5-7-15(8-6-14)10-1-3-13-9-11(10)16(19)20/h1,3,9H,2,4-8H2,(H,17,18). The zero-order valence-electron chi connectivity index (χ0n) is 10.9. The predicted octanol–water partition coefficient (Wildman–Crippen LogP) is 0.586. The number of hydrogen-bond donors (Lipinski definition) is 1. The van der Waals surface area contributed by atoms with Crippen molar-refractivity contribution in [3.8, 4) is 0 Å². The molecular weight excluding hydrogens is 264 g/mol. The van der Waals surface area contributed by atoms with E-state index < -0.39 is 10.9 Å². The molecule has 1 aliphatic heterocycles. The quantitative estimate of drug-likeness (QED) is 0.622. The molecule has 20 heavy (non-hydrogen) atoms. The number of hydrogen-bond acceptors (Lipinski definition) is 6. The molecule has 0 amide bonds. The van der Waals surface area contributed by atoms with Gasteiger partial charge in [0.25, 0.3) is 0 Å². The van der Waals surface area contributed by atoms with E-state index >= 15 is 0 Å². The van der Waals surface area contributed by atoms with Crippen molar-refractivity contribution < 1.29 is 14.8 Å². The number of aliphatic carboxylic acids is 1. The van der Waals surface area contributed by atoms with Gasteiger partial charge in [-0.05, 0) is 6.07 Å². The summed E-state index contributed by atoms with van der Waals surface area (Å²) in [5.74, 6) is -0.808. The minimum Gasteiger partial charge on any atom is -0.481 e. The highest BCUT2D eigenvalue weighted by atomic mass is 16.6. The van der Waals surface area contributed by atoms with Gasteiger partial charge in [0, 0.05) is 38.9 Å². The highest BCUT2D eigenvalue weighted by Crippen LogP contribution is 2.27. The van der Waals surface area contributed by atoms with E-state index in [1.54, 1.807) is 12.3 Å². The van der Waals surface area contributed by atoms with Gasteiger partial charge in [-0.1, -0.05) is 0 Å². The van der Waals surface area contributed by atoms with Gasteiger partial charge in [-0.2, -0.15) is 0 Å². The average Bonchev–Trinajstić information content (AvgIpc) is 2.45. The van der Waals surface area contributed by atoms with Crippen molar-refractivity contribution in [2.45, 2.75) is 6.42 Å². The number of pyridine rings is 1. The molecule has 108 valence electrons. The SMILES string of the molecule is O=C(O)CCN1CCN(c2ccncc2[N+](=O)[O-])CC1. The van der Waals surface area contributed by atoms with Gasteiger partial charge in [-0.25, -0.2) is 0 Å². The number of carbonyl (C=O) groups is 1. The van der Waals surface area contributed by atoms with Gasteiger partial charge in [0.1, 0.15) is 11.9 Å². The number of nitro groups is 1. The smallest absolute Gasteiger partial charge is 0.310 e. The van der Waals surface area contributed by atoms with Crippen LogP contribution in [0.3, 0.4) is 0 Å². The van der Waals surface area contributed by atoms with E-state index in [0.29, 0.717) is 38.4 Å². The second kappa shape index (κ2) is 6.29. The molecule has 0 radical (unpaired) electrons. The van der Waals surface area contributed by atoms with E-state index in [1.165, 1.54) is 6.20 Å². The van der Waals surface area contributed by atoms with Crippen LogP contribution in [0.4, 0.5) is 11.4 Å². The van der Waals surface area contributed by atoms with Crippen molar-refractivity contribution in [2.24, 2.45) is 0 Å². The first-order valence-corrected chi connectivity index (χ1v) is 6.35. The lowest BCUT2D eigenvalue weighted by Gasteiger charge is -2.35. The number of carboxylic acids is 1. The molecule has 1 N–H and O–H groups in total. The molecule has 1 aliphatic rings. The van der Waals surface area contributed by atoms with Crippen LogP contribution in [0.1, 0.15) is 6.42 Å². The summed E-state index contributed by atoms with van der Waals surface area (Å²) >= 11 is 0. The van der Waals surface area contributed by atoms with Crippen LogP contribution in [0, 0.1) is 10.1 Å². The van der Waals surface area contributed by atoms with E-state index in [9.17, 15) is 14.9 Å². The molecule has 1 aromatic rings. The second-order valence-corrected chi connectivity index (χ2v) is 4.59. The summed E-state index contributed by atoms with van der Waals surface area (Å²) in [5.41, 5.74) is 0.578. The van der Waals surface area contributed by atoms with Crippen LogP contribution in [0.15, 0.2) is 18.5 Å². The average molecular weight is 280 g/mol. The monoisotopic (exact) mass is 280 g/mol. The molecular formula is C12H16N4O4. The number of rotatable bonds is 5. The number of anilines is 1. The van der Waals surface area contributed by atoms with Crippen LogP contribution in [0.25, 0.3) is 0 Å². The molecule has 0 aromatic carbocycles. The summed E-state index contributed by atoms with van der Waals surface area (Å²) in [4.78, 5) is 28.8. The zero-order valence-corrected chi connectivity index (χ0v) is 10.9. The highest BCUT2D eigenvalue weighted by Gasteiger charge is 2.23. The van der Waals surface area contributed by atoms with Gasteiger partial charge >= 0.3 is 11.7 Å². The number of aromatic nitrogens is 1. The number of piperazine rings is 1. The Morgan fingerprint density at radius 1 is 1.40 bits per heavy atom. The van der Waals surface area contributed by atoms with Gasteiger partial charge in [0.05, 0.1) is 11.3 Å². The summed E-state index contributed by atoms with van der Waals surface area (Å²) in [5, 5.41) is 19.6. The van der Waals surface area contributed by atoms with Gasteiger partial charge in [0.2, 0.25) is 0 Å². The van der Waals surface area contributed by atoms with E-state index in [-0.39, 0.29) is 12.1 Å². The molecule has 2 heterocycles. The Morgan fingerprint density at radius 3 is 2.70 bits per heavy atom. The Balaban J connectivity index is 1.97. The molecule has 0 bridgehead atoms. The van der Waals surface area contributed by atoms with Crippen molar-refractivity contribution in [1.82, 2.24) is 9.88 Å². The van der Waals surface area contributed by atoms with Crippen LogP contribution in [-0.2, 0) is 4.79 Å². The minimum absolute atomic E-state index is 0.00601. The Kier molecular flexibility index (Phi) is 4.46. The Bertz CT molecular complexity index is 500. The molecule has 1 aromatic heterocycles. The summed E-state index contributed by atoms with van der Waals surface area (Å²) in [6, 6.07) is 1.64. The fourth-order valence-electron chi connectivity index (χ4n) is 2.25. The Labute approximate surface area is 115 Å². The molecule has 0 saturated carbocycles. The molecule has 0 spiro atoms. The molecule has 0 aliphatic carbocycles. The van der Waals surface area contributed by atoms with Gasteiger partial charge in [-0.3, -0.25) is 24.8 Å². The first-order chi connectivity index (χ1) is 9.58. The molecule has 2 rings (SSSR count). The number of carboxylic acid groups (broad SMARTS) is 1. The van der Waals surface area contributed by atoms with Crippen molar-refractivity contribution >= 4 is 17.3 Å². The molecule has 8 nitrogen and oxygen atoms in total. The number of nitrogens with zero attached hydrogens (tertiary/aromatic N) is 4. The largest absolute Gasteiger partial charge is 0.481 e. The molecule has 8 heteroatoms. The third-order valence-corrected chi connectivity index (χ3v) is 3.33. The summed E-state index contributed by atoms with van der Waals surface area (Å²) in [6.07, 6.45) is 2.92. The minimum atomic E-state index is -0.808. The van der Waals surface area contributed by atoms with E-state index in [1.807, 2.05) is 4.90 Å². The molecule has 0 unspecified atom stereocenters. The van der Waals surface area contributed by atoms with Crippen molar-refractivity contribution in [2.75, 3.05) is 37.6 Å². The highest BCUT2D eigenvalue weighted by molar-refractivity contribution is 5.67. The first-order valence-electron chi connectivity index (χ1n) is 6.35. The van der Waals surface area contributed by atoms with Crippen LogP contribution in [0.5, 0.6) is 0 Å². The lowest BCUT2D eigenvalue weighted by molar-refractivity contribution is -0.384. The van der Waals surface area contributed by atoms with Crippen molar-refractivity contribution in [3.63, 3.8) is 0 Å². The maximum Gasteiger partial charge on any atom is 0.310 e. The fraction of sp³-hybridized carbons (Fsp3) is 0.500. The van der Waals surface area contributed by atoms with Crippen LogP contribution >= 0.6 is 0 Å². The molecule has 1 saturated heterocycles. The second-order valence-electron chi connectivity index (χ2n) is 4.59. The summed E-state index contributed by atoms with van der Waals surface area (Å²) < 4.78 is 0. The van der Waals surface area contributed by atoms with Crippen LogP contribution < -0.4 is 4.90 Å². The maximum absolute atomic E-state index is 11.0. The van der Waals surface area contributed by atoms with Crippen molar-refractivity contribution in [3.05, 3.63) is 28.6 Å². The lowest BCUT2D eigenvalue weighted by Crippen LogP contribution is -2.47. The van der Waals surface area contributed by atoms with Crippen molar-refractivity contribution in [1.29, 1.82) is 0 Å². The summed E-state index contributed by atoms with van der Waals surface area (Å²) in [7, 11) is 0.